The Morgan fingerprint density at radius 3 is 1.78 bits per heavy atom. The van der Waals surface area contributed by atoms with Crippen LogP contribution in [0.3, 0.4) is 0 Å². The molecule has 0 aromatic carbocycles. The first-order valence-electron chi connectivity index (χ1n) is 24.5. The molecule has 0 aliphatic carbocycles. The largest absolute Gasteiger partial charge is 0.756 e. The van der Waals surface area contributed by atoms with E-state index in [0.717, 1.165) is 89.2 Å². The van der Waals surface area contributed by atoms with Crippen LogP contribution in [0, 0.1) is 13.8 Å². The van der Waals surface area contributed by atoms with Crippen molar-refractivity contribution in [2.45, 2.75) is 187 Å². The van der Waals surface area contributed by atoms with Gasteiger partial charge in [-0.3, -0.25) is 14.2 Å². The van der Waals surface area contributed by atoms with Crippen LogP contribution < -0.4 is 4.89 Å². The van der Waals surface area contributed by atoms with Gasteiger partial charge in [-0.25, -0.2) is 0 Å². The van der Waals surface area contributed by atoms with Crippen LogP contribution >= 0.6 is 7.82 Å². The van der Waals surface area contributed by atoms with Crippen LogP contribution in [0.5, 0.6) is 0 Å². The lowest BCUT2D eigenvalue weighted by molar-refractivity contribution is -0.870. The topological polar surface area (TPSA) is 137 Å². The average molecular weight is 916 g/mol. The highest BCUT2D eigenvalue weighted by atomic mass is 31.2. The third-order valence-electron chi connectivity index (χ3n) is 11.2. The Hall–Kier alpha value is -3.05. The molecule has 0 saturated carbocycles. The number of likely N-dealkylation sites (N-methyl/N-ethyl adjacent to an activating group) is 1. The van der Waals surface area contributed by atoms with Crippen LogP contribution in [-0.2, 0) is 50.3 Å². The quantitative estimate of drug-likeness (QED) is 0.0157. The van der Waals surface area contributed by atoms with E-state index in [-0.39, 0.29) is 26.1 Å². The number of aryl methyl sites for hydroxylation is 2. The molecule has 364 valence electrons. The lowest BCUT2D eigenvalue weighted by Crippen LogP contribution is -2.37. The lowest BCUT2D eigenvalue weighted by Gasteiger charge is -2.28. The standard InChI is InChI=1S/C52H86NO10P/c1-8-10-28-34-47-44(3)45(4)48(62-47)35-30-24-20-18-19-22-26-32-38-51(54)58-42-46(43-60-64(56,57)59-41-40-53(5,6)7)61-52(55)39-33-27-23-17-15-13-12-14-16-21-25-31-37-50-49(63-50)36-29-11-9-2/h11,13-16,23,25,27,29,31,46,49-50H,8-10,12,17-22,24,26,28,30,32-43H2,1-7H3/b15-13-,16-14-,27-23-,29-11-,31-25-/t46-,49?,50?/m1/s1. The van der Waals surface area contributed by atoms with Crippen molar-refractivity contribution in [3.63, 3.8) is 0 Å². The number of nitrogens with zero attached hydrogens (tertiary/aromatic N) is 1. The molecule has 0 spiro atoms. The summed E-state index contributed by atoms with van der Waals surface area (Å²) in [5, 5.41) is 0. The van der Waals surface area contributed by atoms with Crippen LogP contribution in [0.25, 0.3) is 0 Å². The van der Waals surface area contributed by atoms with E-state index < -0.39 is 32.5 Å². The molecule has 1 saturated heterocycles. The van der Waals surface area contributed by atoms with Gasteiger partial charge in [-0.2, -0.15) is 0 Å². The Morgan fingerprint density at radius 1 is 0.672 bits per heavy atom. The highest BCUT2D eigenvalue weighted by molar-refractivity contribution is 7.45. The first kappa shape index (κ1) is 57.1. The SMILES string of the molecule is CC/C=C\CC1OC1C/C=C\C/C=C\C/C=C\C/C=C\CCC(=O)O[C@H](COC(=O)CCCCCCCCCCc1oc(CCCCC)c(C)c1C)COP(=O)([O-])OCC[N+](C)(C)C. The molecule has 2 rings (SSSR count). The summed E-state index contributed by atoms with van der Waals surface area (Å²) in [4.78, 5) is 37.8. The van der Waals surface area contributed by atoms with Gasteiger partial charge < -0.3 is 37.1 Å². The average Bonchev–Trinajstić information content (AvgIpc) is 3.94. The molecule has 0 radical (unpaired) electrons. The van der Waals surface area contributed by atoms with Crippen molar-refractivity contribution in [3.8, 4) is 0 Å². The minimum Gasteiger partial charge on any atom is -0.756 e. The zero-order chi connectivity index (χ0) is 46.9. The molecular formula is C52H86NO10P. The normalized spacial score (nSPS) is 17.1. The molecule has 1 aliphatic rings. The summed E-state index contributed by atoms with van der Waals surface area (Å²) >= 11 is 0. The van der Waals surface area contributed by atoms with Crippen molar-refractivity contribution in [2.75, 3.05) is 47.5 Å². The van der Waals surface area contributed by atoms with Crippen molar-refractivity contribution < 1.29 is 51.2 Å². The maximum absolute atomic E-state index is 12.7. The minimum absolute atomic E-state index is 0.0557. The Labute approximate surface area is 387 Å². The Balaban J connectivity index is 1.64. The second-order valence-corrected chi connectivity index (χ2v) is 19.5. The highest BCUT2D eigenvalue weighted by Gasteiger charge is 2.36. The zero-order valence-electron chi connectivity index (χ0n) is 40.9. The monoisotopic (exact) mass is 916 g/mol. The number of phosphoric ester groups is 1. The van der Waals surface area contributed by atoms with Crippen LogP contribution in [-0.4, -0.2) is 82.2 Å². The van der Waals surface area contributed by atoms with Gasteiger partial charge in [0.15, 0.2) is 6.10 Å². The molecule has 11 nitrogen and oxygen atoms in total. The van der Waals surface area contributed by atoms with E-state index in [4.69, 9.17) is 27.7 Å². The van der Waals surface area contributed by atoms with Crippen molar-refractivity contribution in [2.24, 2.45) is 0 Å². The van der Waals surface area contributed by atoms with E-state index in [2.05, 4.69) is 76.3 Å². The maximum atomic E-state index is 12.7. The molecular weight excluding hydrogens is 830 g/mol. The summed E-state index contributed by atoms with van der Waals surface area (Å²) in [5.41, 5.74) is 2.65. The van der Waals surface area contributed by atoms with Gasteiger partial charge in [0.2, 0.25) is 0 Å². The number of hydrogen-bond donors (Lipinski definition) is 0. The van der Waals surface area contributed by atoms with Gasteiger partial charge in [0, 0.05) is 25.7 Å². The number of esters is 2. The molecule has 64 heavy (non-hydrogen) atoms. The molecule has 12 heteroatoms. The van der Waals surface area contributed by atoms with Crippen LogP contribution in [0.4, 0.5) is 0 Å². The minimum atomic E-state index is -4.67. The second-order valence-electron chi connectivity index (χ2n) is 18.1. The maximum Gasteiger partial charge on any atom is 0.306 e. The fourth-order valence-corrected chi connectivity index (χ4v) is 7.69. The van der Waals surface area contributed by atoms with Gasteiger partial charge in [0.05, 0.1) is 40.0 Å². The summed E-state index contributed by atoms with van der Waals surface area (Å²) in [5.74, 6) is 1.37. The molecule has 1 aromatic rings. The Bertz CT molecular complexity index is 1620. The van der Waals surface area contributed by atoms with Crippen molar-refractivity contribution in [3.05, 3.63) is 83.4 Å². The molecule has 0 N–H and O–H groups in total. The number of quaternary nitrogens is 1. The number of carbonyl (C=O) groups excluding carboxylic acids is 2. The zero-order valence-corrected chi connectivity index (χ0v) is 41.8. The van der Waals surface area contributed by atoms with Crippen LogP contribution in [0.1, 0.15) is 165 Å². The number of epoxide rings is 1. The Morgan fingerprint density at radius 2 is 1.20 bits per heavy atom. The fraction of sp³-hybridized carbons (Fsp3) is 0.692. The van der Waals surface area contributed by atoms with Gasteiger partial charge in [-0.15, -0.1) is 0 Å². The van der Waals surface area contributed by atoms with Gasteiger partial charge in [-0.1, -0.05) is 126 Å². The third-order valence-corrected chi connectivity index (χ3v) is 12.1. The number of furan rings is 1. The summed E-state index contributed by atoms with van der Waals surface area (Å²) in [7, 11) is 1.08. The van der Waals surface area contributed by atoms with Gasteiger partial charge in [0.25, 0.3) is 7.82 Å². The van der Waals surface area contributed by atoms with E-state index >= 15 is 0 Å². The van der Waals surface area contributed by atoms with Crippen LogP contribution in [0.15, 0.2) is 65.2 Å². The van der Waals surface area contributed by atoms with E-state index in [1.807, 2.05) is 33.3 Å². The van der Waals surface area contributed by atoms with E-state index in [1.54, 1.807) is 0 Å². The summed E-state index contributed by atoms with van der Waals surface area (Å²) in [6, 6.07) is 0. The number of allylic oxidation sites excluding steroid dienone is 8. The van der Waals surface area contributed by atoms with Crippen molar-refractivity contribution in [1.82, 2.24) is 0 Å². The van der Waals surface area contributed by atoms with Gasteiger partial charge >= 0.3 is 11.9 Å². The van der Waals surface area contributed by atoms with E-state index in [1.165, 1.54) is 49.0 Å². The fourth-order valence-electron chi connectivity index (χ4n) is 6.96. The molecule has 4 atom stereocenters. The number of rotatable bonds is 39. The van der Waals surface area contributed by atoms with E-state index in [0.29, 0.717) is 36.1 Å². The molecule has 3 unspecified atom stereocenters. The molecule has 1 aromatic heterocycles. The summed E-state index contributed by atoms with van der Waals surface area (Å²) in [6.07, 6.45) is 41.3. The summed E-state index contributed by atoms with van der Waals surface area (Å²) < 4.78 is 45.9. The Kier molecular flexibility index (Phi) is 30.6. The predicted molar refractivity (Wildman–Crippen MR) is 257 cm³/mol. The third kappa shape index (κ3) is 29.5. The molecule has 0 bridgehead atoms. The number of carbonyl (C=O) groups is 2. The lowest BCUT2D eigenvalue weighted by atomic mass is 10.0. The first-order valence-corrected chi connectivity index (χ1v) is 25.9. The molecule has 0 amide bonds. The first-order chi connectivity index (χ1) is 30.7. The molecule has 1 fully saturated rings. The van der Waals surface area contributed by atoms with Crippen molar-refractivity contribution in [1.29, 1.82) is 0 Å². The van der Waals surface area contributed by atoms with E-state index in [9.17, 15) is 19.0 Å². The number of ether oxygens (including phenoxy) is 3. The molecule has 1 aliphatic heterocycles. The number of hydrogen-bond acceptors (Lipinski definition) is 10. The highest BCUT2D eigenvalue weighted by Crippen LogP contribution is 2.38. The summed E-state index contributed by atoms with van der Waals surface area (Å²) in [6.45, 7) is 8.31. The molecule has 2 heterocycles. The smallest absolute Gasteiger partial charge is 0.306 e. The van der Waals surface area contributed by atoms with Gasteiger partial charge in [-0.05, 0) is 89.2 Å². The predicted octanol–water partition coefficient (Wildman–Crippen LogP) is 12.0. The van der Waals surface area contributed by atoms with Crippen molar-refractivity contribution >= 4 is 19.8 Å². The number of phosphoric acid groups is 1. The van der Waals surface area contributed by atoms with Crippen LogP contribution in [0.2, 0.25) is 0 Å². The van der Waals surface area contributed by atoms with Gasteiger partial charge in [0.1, 0.15) is 31.3 Å². The second kappa shape index (κ2) is 34.3. The number of unbranched alkanes of at least 4 members (excludes halogenated alkanes) is 9.